The Morgan fingerprint density at radius 2 is 2.08 bits per heavy atom. The number of ether oxygens (including phenoxy) is 3. The van der Waals surface area contributed by atoms with E-state index in [4.69, 9.17) is 21.1 Å². The molecule has 1 aromatic carbocycles. The molecule has 1 amide bonds. The Morgan fingerprint density at radius 1 is 1.24 bits per heavy atom. The van der Waals surface area contributed by atoms with E-state index in [1.54, 1.807) is 30.6 Å². The molecule has 9 nitrogen and oxygen atoms in total. The minimum atomic E-state index is -3.07. The Kier molecular flexibility index (Phi) is 7.73. The molecule has 0 saturated carbocycles. The fourth-order valence-corrected chi connectivity index (χ4v) is 4.69. The Labute approximate surface area is 217 Å². The number of nitrogens with zero attached hydrogens (tertiary/aromatic N) is 2. The Balaban J connectivity index is 1.50. The number of aromatic amines is 1. The fourth-order valence-electron chi connectivity index (χ4n) is 4.47. The highest BCUT2D eigenvalue weighted by molar-refractivity contribution is 6.32. The van der Waals surface area contributed by atoms with Crippen LogP contribution in [-0.4, -0.2) is 73.4 Å². The van der Waals surface area contributed by atoms with E-state index in [0.717, 1.165) is 25.3 Å². The number of alkyl halides is 2. The van der Waals surface area contributed by atoms with E-state index in [0.29, 0.717) is 61.0 Å². The van der Waals surface area contributed by atoms with Crippen LogP contribution in [0.15, 0.2) is 36.7 Å². The van der Waals surface area contributed by atoms with Crippen molar-refractivity contribution in [3.05, 3.63) is 52.9 Å². The van der Waals surface area contributed by atoms with Gasteiger partial charge in [-0.3, -0.25) is 14.7 Å². The molecule has 4 heterocycles. The molecule has 2 aliphatic heterocycles. The molecular formula is C25H26ClF2N5O4. The van der Waals surface area contributed by atoms with Crippen molar-refractivity contribution in [3.8, 4) is 22.8 Å². The molecule has 3 aromatic rings. The lowest BCUT2D eigenvalue weighted by atomic mass is 10.0. The standard InChI is InChI=1S/C25H26ClF2N5O4/c26-16-2-1-3-18(23(16)37-25(27)28)32-22-20-17(5-7-30-24(20)34)31-21(22)15-4-6-29-14-19(15)36-13-10-33-8-11-35-12-9-33/h1-4,6,14,25,31-32H,5,7-13H2,(H,30,34). The fraction of sp³-hybridized carbons (Fsp3) is 0.360. The molecule has 2 aliphatic rings. The molecule has 5 rings (SSSR count). The van der Waals surface area contributed by atoms with E-state index in [2.05, 4.69) is 30.2 Å². The molecule has 0 bridgehead atoms. The zero-order valence-electron chi connectivity index (χ0n) is 19.9. The molecule has 0 unspecified atom stereocenters. The number of aromatic nitrogens is 2. The van der Waals surface area contributed by atoms with E-state index in [-0.39, 0.29) is 22.4 Å². The molecule has 37 heavy (non-hydrogen) atoms. The zero-order valence-corrected chi connectivity index (χ0v) is 20.6. The topological polar surface area (TPSA) is 101 Å². The summed E-state index contributed by atoms with van der Waals surface area (Å²) in [5.74, 6) is 0.0226. The predicted octanol–water partition coefficient (Wildman–Crippen LogP) is 4.07. The minimum Gasteiger partial charge on any atom is -0.490 e. The number of halogens is 3. The maximum absolute atomic E-state index is 13.1. The number of benzene rings is 1. The molecule has 196 valence electrons. The molecule has 0 radical (unpaired) electrons. The SMILES string of the molecule is O=C1NCCc2[nH]c(-c3ccncc3OCCN3CCOCC3)c(Nc3cccc(Cl)c3OC(F)F)c21. The number of nitrogens with one attached hydrogen (secondary N) is 3. The van der Waals surface area contributed by atoms with Crippen LogP contribution in [-0.2, 0) is 11.2 Å². The highest BCUT2D eigenvalue weighted by Gasteiger charge is 2.29. The van der Waals surface area contributed by atoms with Gasteiger partial charge in [-0.15, -0.1) is 0 Å². The molecular weight excluding hydrogens is 508 g/mol. The lowest BCUT2D eigenvalue weighted by molar-refractivity contribution is -0.0492. The first-order valence-corrected chi connectivity index (χ1v) is 12.3. The summed E-state index contributed by atoms with van der Waals surface area (Å²) in [5.41, 5.74) is 2.93. The van der Waals surface area contributed by atoms with Crippen LogP contribution >= 0.6 is 11.6 Å². The Bertz CT molecular complexity index is 1270. The number of fused-ring (bicyclic) bond motifs is 1. The summed E-state index contributed by atoms with van der Waals surface area (Å²) in [6.45, 7) is 1.65. The van der Waals surface area contributed by atoms with Gasteiger partial charge in [-0.1, -0.05) is 17.7 Å². The summed E-state index contributed by atoms with van der Waals surface area (Å²) >= 11 is 6.16. The van der Waals surface area contributed by atoms with E-state index >= 15 is 0 Å². The molecule has 0 aliphatic carbocycles. The maximum Gasteiger partial charge on any atom is 0.387 e. The summed E-state index contributed by atoms with van der Waals surface area (Å²) in [4.78, 5) is 22.7. The first kappa shape index (κ1) is 25.2. The van der Waals surface area contributed by atoms with Crippen molar-refractivity contribution in [2.24, 2.45) is 0 Å². The normalized spacial score (nSPS) is 15.8. The van der Waals surface area contributed by atoms with Gasteiger partial charge in [0.05, 0.1) is 47.1 Å². The third kappa shape index (κ3) is 5.63. The van der Waals surface area contributed by atoms with Gasteiger partial charge in [0.15, 0.2) is 5.75 Å². The van der Waals surface area contributed by atoms with Crippen LogP contribution in [0.25, 0.3) is 11.3 Å². The van der Waals surface area contributed by atoms with E-state index in [1.807, 2.05) is 0 Å². The first-order valence-electron chi connectivity index (χ1n) is 11.9. The number of carbonyl (C=O) groups excluding carboxylic acids is 1. The van der Waals surface area contributed by atoms with Gasteiger partial charge < -0.3 is 29.8 Å². The number of amides is 1. The van der Waals surface area contributed by atoms with Crippen LogP contribution in [0.4, 0.5) is 20.2 Å². The van der Waals surface area contributed by atoms with Gasteiger partial charge in [0.1, 0.15) is 12.4 Å². The van der Waals surface area contributed by atoms with Crippen molar-refractivity contribution >= 4 is 28.9 Å². The van der Waals surface area contributed by atoms with Crippen molar-refractivity contribution in [1.82, 2.24) is 20.2 Å². The zero-order chi connectivity index (χ0) is 25.8. The molecule has 0 atom stereocenters. The lowest BCUT2D eigenvalue weighted by Crippen LogP contribution is -2.38. The van der Waals surface area contributed by atoms with Gasteiger partial charge in [-0.2, -0.15) is 8.78 Å². The van der Waals surface area contributed by atoms with E-state index in [9.17, 15) is 13.6 Å². The van der Waals surface area contributed by atoms with Crippen molar-refractivity contribution in [2.75, 3.05) is 51.3 Å². The number of rotatable bonds is 9. The van der Waals surface area contributed by atoms with Crippen molar-refractivity contribution in [1.29, 1.82) is 0 Å². The van der Waals surface area contributed by atoms with Gasteiger partial charge in [0.25, 0.3) is 5.91 Å². The number of pyridine rings is 1. The van der Waals surface area contributed by atoms with Gasteiger partial charge in [-0.05, 0) is 18.2 Å². The molecule has 2 aromatic heterocycles. The first-order chi connectivity index (χ1) is 18.0. The maximum atomic E-state index is 13.1. The average molecular weight is 534 g/mol. The van der Waals surface area contributed by atoms with Gasteiger partial charge in [0, 0.05) is 50.1 Å². The third-order valence-corrected chi connectivity index (χ3v) is 6.52. The highest BCUT2D eigenvalue weighted by atomic mass is 35.5. The van der Waals surface area contributed by atoms with Crippen molar-refractivity contribution in [2.45, 2.75) is 13.0 Å². The summed E-state index contributed by atoms with van der Waals surface area (Å²) < 4.78 is 42.5. The predicted molar refractivity (Wildman–Crippen MR) is 134 cm³/mol. The number of morpholine rings is 1. The largest absolute Gasteiger partial charge is 0.490 e. The van der Waals surface area contributed by atoms with Crippen LogP contribution < -0.4 is 20.1 Å². The number of hydrogen-bond donors (Lipinski definition) is 3. The van der Waals surface area contributed by atoms with Gasteiger partial charge in [0.2, 0.25) is 0 Å². The third-order valence-electron chi connectivity index (χ3n) is 6.22. The summed E-state index contributed by atoms with van der Waals surface area (Å²) in [6, 6.07) is 6.39. The van der Waals surface area contributed by atoms with E-state index < -0.39 is 6.61 Å². The highest BCUT2D eigenvalue weighted by Crippen LogP contribution is 2.43. The van der Waals surface area contributed by atoms with Crippen LogP contribution in [0.2, 0.25) is 5.02 Å². The van der Waals surface area contributed by atoms with E-state index in [1.165, 1.54) is 6.07 Å². The van der Waals surface area contributed by atoms with Crippen LogP contribution in [0.5, 0.6) is 11.5 Å². The smallest absolute Gasteiger partial charge is 0.387 e. The molecule has 1 saturated heterocycles. The summed E-state index contributed by atoms with van der Waals surface area (Å²) in [7, 11) is 0. The molecule has 1 fully saturated rings. The number of hydrogen-bond acceptors (Lipinski definition) is 7. The van der Waals surface area contributed by atoms with Gasteiger partial charge >= 0.3 is 6.61 Å². The second-order valence-corrected chi connectivity index (χ2v) is 8.94. The molecule has 12 heteroatoms. The Morgan fingerprint density at radius 3 is 2.89 bits per heavy atom. The number of carbonyl (C=O) groups is 1. The second-order valence-electron chi connectivity index (χ2n) is 8.53. The summed E-state index contributed by atoms with van der Waals surface area (Å²) in [5, 5.41) is 5.97. The number of para-hydroxylation sites is 1. The van der Waals surface area contributed by atoms with Gasteiger partial charge in [-0.25, -0.2) is 0 Å². The monoisotopic (exact) mass is 533 g/mol. The lowest BCUT2D eigenvalue weighted by Gasteiger charge is -2.26. The van der Waals surface area contributed by atoms with Crippen LogP contribution in [0.3, 0.4) is 0 Å². The van der Waals surface area contributed by atoms with Crippen LogP contribution in [0.1, 0.15) is 16.1 Å². The van der Waals surface area contributed by atoms with Crippen LogP contribution in [0, 0.1) is 0 Å². The molecule has 0 spiro atoms. The van der Waals surface area contributed by atoms with Crippen molar-refractivity contribution < 1.29 is 27.8 Å². The average Bonchev–Trinajstić information content (AvgIpc) is 3.26. The minimum absolute atomic E-state index is 0.0109. The quantitative estimate of drug-likeness (QED) is 0.381. The molecule has 3 N–H and O–H groups in total. The summed E-state index contributed by atoms with van der Waals surface area (Å²) in [6.07, 6.45) is 3.81. The van der Waals surface area contributed by atoms with Crippen molar-refractivity contribution in [3.63, 3.8) is 0 Å². The number of anilines is 2. The second kappa shape index (κ2) is 11.3. The number of H-pyrrole nitrogens is 1. The Hall–Kier alpha value is -3.41.